The molecule has 0 aromatic carbocycles. The molecule has 1 aliphatic rings. The summed E-state index contributed by atoms with van der Waals surface area (Å²) < 4.78 is 15.7. The first-order chi connectivity index (χ1) is 4.14. The van der Waals surface area contributed by atoms with E-state index in [1.807, 2.05) is 0 Å². The maximum Gasteiger partial charge on any atom is 0.145 e. The van der Waals surface area contributed by atoms with Crippen molar-refractivity contribution >= 4 is 20.0 Å². The lowest BCUT2D eigenvalue weighted by atomic mass is 10.3. The van der Waals surface area contributed by atoms with Gasteiger partial charge in [0.1, 0.15) is 14.9 Å². The molecule has 0 aromatic rings. The van der Waals surface area contributed by atoms with Gasteiger partial charge >= 0.3 is 0 Å². The van der Waals surface area contributed by atoms with Crippen molar-refractivity contribution in [1.29, 1.82) is 0 Å². The van der Waals surface area contributed by atoms with Gasteiger partial charge in [-0.25, -0.2) is 4.21 Å². The predicted octanol–water partition coefficient (Wildman–Crippen LogP) is 0.0698. The maximum absolute atomic E-state index is 10.9. The van der Waals surface area contributed by atoms with Crippen LogP contribution in [0, 0.1) is 12.3 Å². The Morgan fingerprint density at radius 2 is 2.56 bits per heavy atom. The molecule has 0 aliphatic carbocycles. The largest absolute Gasteiger partial charge is 0.274 e. The molecule has 0 saturated carbocycles. The highest BCUT2D eigenvalue weighted by Gasteiger charge is 2.23. The smallest absolute Gasteiger partial charge is 0.145 e. The molecule has 2 atom stereocenters. The highest BCUT2D eigenvalue weighted by molar-refractivity contribution is 8.30. The first-order valence-corrected chi connectivity index (χ1v) is 5.09. The second-order valence-corrected chi connectivity index (χ2v) is 5.04. The quantitative estimate of drug-likeness (QED) is 0.471. The van der Waals surface area contributed by atoms with Crippen LogP contribution in [0.1, 0.15) is 6.42 Å². The van der Waals surface area contributed by atoms with Crippen LogP contribution in [-0.4, -0.2) is 16.1 Å². The highest BCUT2D eigenvalue weighted by Crippen LogP contribution is 2.14. The summed E-state index contributed by atoms with van der Waals surface area (Å²) in [5.74, 6) is 2.78. The van der Waals surface area contributed by atoms with Gasteiger partial charge in [-0.1, -0.05) is 5.92 Å². The van der Waals surface area contributed by atoms with Crippen molar-refractivity contribution in [3.63, 3.8) is 0 Å². The molecule has 9 heavy (non-hydrogen) atoms. The molecular weight excluding hydrogens is 156 g/mol. The molecule has 50 valence electrons. The monoisotopic (exact) mass is 162 g/mol. The van der Waals surface area contributed by atoms with E-state index in [1.165, 1.54) is 0 Å². The van der Waals surface area contributed by atoms with Crippen LogP contribution in [-0.2, 0) is 24.1 Å². The molecule has 2 nitrogen and oxygen atoms in total. The fourth-order valence-electron chi connectivity index (χ4n) is 0.636. The minimum Gasteiger partial charge on any atom is -0.274 e. The highest BCUT2D eigenvalue weighted by atomic mass is 32.8. The third-order valence-electron chi connectivity index (χ3n) is 1.08. The van der Waals surface area contributed by atoms with Crippen molar-refractivity contribution in [2.24, 2.45) is 0 Å². The van der Waals surface area contributed by atoms with Crippen molar-refractivity contribution in [1.82, 2.24) is 0 Å². The Kier molecular flexibility index (Phi) is 1.75. The number of hydrogen-bond acceptors (Lipinski definition) is 3. The summed E-state index contributed by atoms with van der Waals surface area (Å²) in [5.41, 5.74) is 0. The summed E-state index contributed by atoms with van der Waals surface area (Å²) in [6.45, 7) is 0. The van der Waals surface area contributed by atoms with E-state index in [0.29, 0.717) is 12.2 Å². The minimum atomic E-state index is -2.42. The average Bonchev–Trinajstić information content (AvgIpc) is 2.10. The third-order valence-corrected chi connectivity index (χ3v) is 3.08. The topological polar surface area (TPSA) is 26.3 Å². The number of terminal acetylenes is 1. The van der Waals surface area contributed by atoms with Crippen molar-refractivity contribution in [2.45, 2.75) is 12.5 Å². The third kappa shape index (κ3) is 1.65. The lowest BCUT2D eigenvalue weighted by Gasteiger charge is -1.95. The van der Waals surface area contributed by atoms with E-state index in [0.717, 1.165) is 0 Å². The molecule has 0 spiro atoms. The second kappa shape index (κ2) is 2.25. The van der Waals surface area contributed by atoms with Gasteiger partial charge in [0.2, 0.25) is 0 Å². The van der Waals surface area contributed by atoms with Gasteiger partial charge in [-0.05, 0) is 0 Å². The van der Waals surface area contributed by atoms with E-state index < -0.39 is 8.77 Å². The Hall–Kier alpha value is -0.110. The van der Waals surface area contributed by atoms with Gasteiger partial charge in [0, 0.05) is 17.6 Å². The summed E-state index contributed by atoms with van der Waals surface area (Å²) in [7, 11) is -2.42. The Balaban J connectivity index is 2.72. The van der Waals surface area contributed by atoms with Crippen LogP contribution < -0.4 is 0 Å². The van der Waals surface area contributed by atoms with Crippen LogP contribution in [0.5, 0.6) is 0 Å². The Labute approximate surface area is 59.5 Å². The molecular formula is C5H6O2S2. The lowest BCUT2D eigenvalue weighted by molar-refractivity contribution is 0.313. The molecule has 1 heterocycles. The van der Waals surface area contributed by atoms with Crippen molar-refractivity contribution in [2.75, 3.05) is 5.75 Å². The number of hydrogen-bond donors (Lipinski definition) is 0. The van der Waals surface area contributed by atoms with Gasteiger partial charge in [-0.2, -0.15) is 0 Å². The molecule has 1 fully saturated rings. The molecule has 1 saturated heterocycles. The molecule has 4 heteroatoms. The zero-order valence-corrected chi connectivity index (χ0v) is 6.33. The normalized spacial score (nSPS) is 42.3. The SMILES string of the molecule is C#CC1CCS(=O)(=S)O1. The van der Waals surface area contributed by atoms with Gasteiger partial charge in [0.15, 0.2) is 0 Å². The van der Waals surface area contributed by atoms with Gasteiger partial charge in [-0.3, -0.25) is 4.18 Å². The molecule has 1 aliphatic heterocycles. The second-order valence-electron chi connectivity index (χ2n) is 1.80. The van der Waals surface area contributed by atoms with E-state index in [9.17, 15) is 4.21 Å². The van der Waals surface area contributed by atoms with Crippen LogP contribution in [0.25, 0.3) is 0 Å². The summed E-state index contributed by atoms with van der Waals surface area (Å²) in [6, 6.07) is 0. The zero-order valence-electron chi connectivity index (χ0n) is 4.70. The van der Waals surface area contributed by atoms with Crippen LogP contribution in [0.2, 0.25) is 0 Å². The van der Waals surface area contributed by atoms with Crippen LogP contribution in [0.4, 0.5) is 0 Å². The first-order valence-electron chi connectivity index (χ1n) is 2.51. The van der Waals surface area contributed by atoms with Crippen LogP contribution >= 0.6 is 0 Å². The van der Waals surface area contributed by atoms with Crippen molar-refractivity contribution in [3.8, 4) is 12.3 Å². The molecule has 0 bridgehead atoms. The minimum absolute atomic E-state index is 0.310. The van der Waals surface area contributed by atoms with E-state index in [2.05, 4.69) is 17.1 Å². The van der Waals surface area contributed by atoms with E-state index >= 15 is 0 Å². The maximum atomic E-state index is 10.9. The predicted molar refractivity (Wildman–Crippen MR) is 38.7 cm³/mol. The summed E-state index contributed by atoms with van der Waals surface area (Å²) in [4.78, 5) is 0. The Morgan fingerprint density at radius 1 is 1.89 bits per heavy atom. The number of rotatable bonds is 0. The van der Waals surface area contributed by atoms with Crippen molar-refractivity contribution in [3.05, 3.63) is 0 Å². The first kappa shape index (κ1) is 7.00. The van der Waals surface area contributed by atoms with Gasteiger partial charge in [0.25, 0.3) is 0 Å². The van der Waals surface area contributed by atoms with Crippen molar-refractivity contribution < 1.29 is 8.39 Å². The van der Waals surface area contributed by atoms with E-state index in [1.54, 1.807) is 0 Å². The van der Waals surface area contributed by atoms with Gasteiger partial charge in [0.05, 0.1) is 5.75 Å². The fraction of sp³-hybridized carbons (Fsp3) is 0.600. The Bertz CT molecular complexity index is 234. The molecule has 1 rings (SSSR count). The summed E-state index contributed by atoms with van der Waals surface area (Å²) in [6.07, 6.45) is 5.34. The molecule has 0 amide bonds. The van der Waals surface area contributed by atoms with Crippen LogP contribution in [0.15, 0.2) is 0 Å². The molecule has 2 unspecified atom stereocenters. The average molecular weight is 162 g/mol. The Morgan fingerprint density at radius 3 is 2.78 bits per heavy atom. The molecule has 0 radical (unpaired) electrons. The standard InChI is InChI=1S/C5H6O2S2/c1-2-5-3-4-9(6,8)7-5/h1,5H,3-4H2. The molecule has 0 N–H and O–H groups in total. The fourth-order valence-corrected chi connectivity index (χ4v) is 2.31. The van der Waals surface area contributed by atoms with Gasteiger partial charge in [-0.15, -0.1) is 6.42 Å². The summed E-state index contributed by atoms with van der Waals surface area (Å²) in [5, 5.41) is 0. The van der Waals surface area contributed by atoms with Crippen LogP contribution in [0.3, 0.4) is 0 Å². The molecule has 0 aromatic heterocycles. The summed E-state index contributed by atoms with van der Waals surface area (Å²) >= 11 is 4.56. The lowest BCUT2D eigenvalue weighted by Crippen LogP contribution is -2.01. The zero-order chi connectivity index (χ0) is 6.91. The van der Waals surface area contributed by atoms with Gasteiger partial charge < -0.3 is 0 Å². The van der Waals surface area contributed by atoms with E-state index in [-0.39, 0.29) is 6.10 Å². The van der Waals surface area contributed by atoms with E-state index in [4.69, 9.17) is 10.6 Å².